The molecule has 0 saturated carbocycles. The predicted molar refractivity (Wildman–Crippen MR) is 121 cm³/mol. The zero-order chi connectivity index (χ0) is 18.8. The molecule has 3 N–H and O–H groups in total. The molecule has 158 valence electrons. The lowest BCUT2D eigenvalue weighted by Crippen LogP contribution is -2.43. The molecule has 0 radical (unpaired) electrons. The Bertz CT molecular complexity index is 852. The maximum atomic E-state index is 13.3. The normalized spacial score (nSPS) is 16.2. The van der Waals surface area contributed by atoms with Crippen molar-refractivity contribution in [2.45, 2.75) is 44.6 Å². The number of fused-ring (bicyclic) bond motifs is 1. The summed E-state index contributed by atoms with van der Waals surface area (Å²) in [7, 11) is 0. The van der Waals surface area contributed by atoms with Gasteiger partial charge in [0.1, 0.15) is 5.00 Å². The Morgan fingerprint density at radius 3 is 2.59 bits per heavy atom. The molecule has 1 fully saturated rings. The van der Waals surface area contributed by atoms with Crippen molar-refractivity contribution in [1.82, 2.24) is 9.88 Å². The number of carbonyl (C=O) groups is 2. The number of carbonyl (C=O) groups excluding carboxylic acids is 2. The van der Waals surface area contributed by atoms with Gasteiger partial charge >= 0.3 is 0 Å². The van der Waals surface area contributed by atoms with Crippen LogP contribution in [0.2, 0.25) is 0 Å². The van der Waals surface area contributed by atoms with Crippen molar-refractivity contribution < 1.29 is 9.59 Å². The van der Waals surface area contributed by atoms with Gasteiger partial charge in [-0.25, -0.2) is 0 Å². The number of nitrogens with one attached hydrogen (secondary N) is 1. The smallest absolute Gasteiger partial charge is 0.257 e. The molecule has 1 saturated heterocycles. The molecule has 0 atom stereocenters. The Kier molecular flexibility index (Phi) is 8.46. The standard InChI is InChI=1S/C20H24N4O2S.2ClH/c21-14-7-10-24(11-8-14)20(26)17-15-5-1-2-6-16(15)27-19(17)23-18(25)13-4-3-9-22-12-13;;/h3-4,9,12,14H,1-2,5-8,10-11,21H2,(H,23,25);2*1H. The summed E-state index contributed by atoms with van der Waals surface area (Å²) in [6.45, 7) is 1.36. The highest BCUT2D eigenvalue weighted by atomic mass is 35.5. The molecule has 2 aromatic rings. The molecule has 4 rings (SSSR count). The van der Waals surface area contributed by atoms with E-state index < -0.39 is 0 Å². The van der Waals surface area contributed by atoms with Gasteiger partial charge in [0.2, 0.25) is 0 Å². The molecule has 29 heavy (non-hydrogen) atoms. The van der Waals surface area contributed by atoms with Gasteiger partial charge in [0.05, 0.1) is 11.1 Å². The van der Waals surface area contributed by atoms with Crippen molar-refractivity contribution in [1.29, 1.82) is 0 Å². The molecular formula is C20H26Cl2N4O2S. The average Bonchev–Trinajstić information content (AvgIpc) is 3.06. The number of thiophene rings is 1. The van der Waals surface area contributed by atoms with Gasteiger partial charge in [0.25, 0.3) is 11.8 Å². The number of nitrogens with zero attached hydrogens (tertiary/aromatic N) is 2. The fourth-order valence-corrected chi connectivity index (χ4v) is 5.09. The molecule has 1 aliphatic heterocycles. The van der Waals surface area contributed by atoms with Crippen LogP contribution in [0.5, 0.6) is 0 Å². The number of likely N-dealkylation sites (tertiary alicyclic amines) is 1. The third-order valence-corrected chi connectivity index (χ3v) is 6.57. The summed E-state index contributed by atoms with van der Waals surface area (Å²) in [6, 6.07) is 3.64. The van der Waals surface area contributed by atoms with Gasteiger partial charge in [0, 0.05) is 36.4 Å². The summed E-state index contributed by atoms with van der Waals surface area (Å²) in [5.41, 5.74) is 8.31. The predicted octanol–water partition coefficient (Wildman–Crippen LogP) is 3.68. The van der Waals surface area contributed by atoms with Crippen LogP contribution < -0.4 is 11.1 Å². The number of anilines is 1. The number of rotatable bonds is 3. The molecule has 2 amide bonds. The lowest BCUT2D eigenvalue weighted by Gasteiger charge is -2.30. The third-order valence-electron chi connectivity index (χ3n) is 5.36. The number of nitrogens with two attached hydrogens (primary N) is 1. The van der Waals surface area contributed by atoms with Crippen molar-refractivity contribution in [3.8, 4) is 0 Å². The Morgan fingerprint density at radius 1 is 1.17 bits per heavy atom. The highest BCUT2D eigenvalue weighted by molar-refractivity contribution is 7.17. The van der Waals surface area contributed by atoms with E-state index in [-0.39, 0.29) is 42.7 Å². The second kappa shape index (κ2) is 10.4. The minimum Gasteiger partial charge on any atom is -0.338 e. The summed E-state index contributed by atoms with van der Waals surface area (Å²) >= 11 is 1.55. The highest BCUT2D eigenvalue weighted by Crippen LogP contribution is 2.39. The zero-order valence-corrected chi connectivity index (χ0v) is 18.5. The first-order chi connectivity index (χ1) is 13.1. The molecule has 2 aliphatic rings. The first kappa shape index (κ1) is 23.6. The Hall–Kier alpha value is -1.67. The number of piperidine rings is 1. The van der Waals surface area contributed by atoms with Gasteiger partial charge in [-0.1, -0.05) is 0 Å². The summed E-state index contributed by atoms with van der Waals surface area (Å²) in [5, 5.41) is 3.66. The minimum absolute atomic E-state index is 0. The van der Waals surface area contributed by atoms with Crippen LogP contribution in [0.4, 0.5) is 5.00 Å². The van der Waals surface area contributed by atoms with Crippen LogP contribution in [0.15, 0.2) is 24.5 Å². The number of hydrogen-bond acceptors (Lipinski definition) is 5. The van der Waals surface area contributed by atoms with E-state index in [2.05, 4.69) is 10.3 Å². The minimum atomic E-state index is -0.226. The topological polar surface area (TPSA) is 88.3 Å². The quantitative estimate of drug-likeness (QED) is 0.736. The molecule has 0 aromatic carbocycles. The Balaban J connectivity index is 0.00000150. The fraction of sp³-hybridized carbons (Fsp3) is 0.450. The number of amides is 2. The molecule has 9 heteroatoms. The average molecular weight is 457 g/mol. The lowest BCUT2D eigenvalue weighted by molar-refractivity contribution is 0.0715. The zero-order valence-electron chi connectivity index (χ0n) is 16.1. The highest BCUT2D eigenvalue weighted by Gasteiger charge is 2.30. The van der Waals surface area contributed by atoms with Crippen molar-refractivity contribution in [2.75, 3.05) is 18.4 Å². The molecule has 2 aromatic heterocycles. The van der Waals surface area contributed by atoms with E-state index in [4.69, 9.17) is 5.73 Å². The van der Waals surface area contributed by atoms with Crippen molar-refractivity contribution in [3.05, 3.63) is 46.1 Å². The van der Waals surface area contributed by atoms with Crippen molar-refractivity contribution in [3.63, 3.8) is 0 Å². The lowest BCUT2D eigenvalue weighted by atomic mass is 9.94. The second-order valence-electron chi connectivity index (χ2n) is 7.24. The van der Waals surface area contributed by atoms with Gasteiger partial charge in [-0.3, -0.25) is 14.6 Å². The van der Waals surface area contributed by atoms with Gasteiger partial charge < -0.3 is 16.0 Å². The van der Waals surface area contributed by atoms with E-state index in [0.29, 0.717) is 29.2 Å². The number of aryl methyl sites for hydroxylation is 1. The van der Waals surface area contributed by atoms with Crippen LogP contribution in [0.1, 0.15) is 56.8 Å². The summed E-state index contributed by atoms with van der Waals surface area (Å²) < 4.78 is 0. The van der Waals surface area contributed by atoms with E-state index in [1.165, 1.54) is 11.1 Å². The van der Waals surface area contributed by atoms with Crippen molar-refractivity contribution in [2.24, 2.45) is 5.73 Å². The fourth-order valence-electron chi connectivity index (χ4n) is 3.81. The molecule has 0 bridgehead atoms. The largest absolute Gasteiger partial charge is 0.338 e. The maximum absolute atomic E-state index is 13.3. The van der Waals surface area contributed by atoms with E-state index in [1.807, 2.05) is 4.90 Å². The number of halogens is 2. The maximum Gasteiger partial charge on any atom is 0.257 e. The van der Waals surface area contributed by atoms with Crippen LogP contribution >= 0.6 is 36.2 Å². The molecular weight excluding hydrogens is 431 g/mol. The SMILES string of the molecule is Cl.Cl.NC1CCN(C(=O)c2c(NC(=O)c3cccnc3)sc3c2CCCC3)CC1. The molecule has 0 unspecified atom stereocenters. The number of pyridine rings is 1. The van der Waals surface area contributed by atoms with E-state index in [9.17, 15) is 9.59 Å². The molecule has 3 heterocycles. The molecule has 6 nitrogen and oxygen atoms in total. The summed E-state index contributed by atoms with van der Waals surface area (Å²) in [6.07, 6.45) is 8.94. The van der Waals surface area contributed by atoms with Crippen LogP contribution in [0.25, 0.3) is 0 Å². The molecule has 1 aliphatic carbocycles. The second-order valence-corrected chi connectivity index (χ2v) is 8.35. The Labute approximate surface area is 187 Å². The van der Waals surface area contributed by atoms with Gasteiger partial charge in [-0.2, -0.15) is 0 Å². The summed E-state index contributed by atoms with van der Waals surface area (Å²) in [4.78, 5) is 33.1. The Morgan fingerprint density at radius 2 is 1.90 bits per heavy atom. The van der Waals surface area contributed by atoms with Crippen LogP contribution in [-0.4, -0.2) is 40.8 Å². The first-order valence-electron chi connectivity index (χ1n) is 9.54. The first-order valence-corrected chi connectivity index (χ1v) is 10.4. The van der Waals surface area contributed by atoms with Gasteiger partial charge in [-0.15, -0.1) is 36.2 Å². The van der Waals surface area contributed by atoms with Crippen LogP contribution in [-0.2, 0) is 12.8 Å². The van der Waals surface area contributed by atoms with Crippen LogP contribution in [0.3, 0.4) is 0 Å². The molecule has 0 spiro atoms. The van der Waals surface area contributed by atoms with E-state index in [1.54, 1.807) is 29.7 Å². The van der Waals surface area contributed by atoms with Crippen LogP contribution in [0, 0.1) is 0 Å². The van der Waals surface area contributed by atoms with Crippen molar-refractivity contribution >= 4 is 53.0 Å². The van der Waals surface area contributed by atoms with Gasteiger partial charge in [-0.05, 0) is 56.2 Å². The third kappa shape index (κ3) is 5.09. The van der Waals surface area contributed by atoms with E-state index >= 15 is 0 Å². The summed E-state index contributed by atoms with van der Waals surface area (Å²) in [5.74, 6) is -0.195. The number of aromatic nitrogens is 1. The van der Waals surface area contributed by atoms with Gasteiger partial charge in [0.15, 0.2) is 0 Å². The van der Waals surface area contributed by atoms with E-state index in [0.717, 1.165) is 44.1 Å². The monoisotopic (exact) mass is 456 g/mol. The number of hydrogen-bond donors (Lipinski definition) is 2.